The molecule has 0 radical (unpaired) electrons. The summed E-state index contributed by atoms with van der Waals surface area (Å²) in [5.41, 5.74) is 2.95. The highest BCUT2D eigenvalue weighted by atomic mass is 32.1. The topological polar surface area (TPSA) is 87.8 Å². The van der Waals surface area contributed by atoms with E-state index in [9.17, 15) is 9.90 Å². The lowest BCUT2D eigenvalue weighted by Gasteiger charge is -2.26. The molecule has 0 saturated carbocycles. The summed E-state index contributed by atoms with van der Waals surface area (Å²) in [5, 5.41) is 13.7. The summed E-state index contributed by atoms with van der Waals surface area (Å²) in [6.07, 6.45) is 1.75. The predicted molar refractivity (Wildman–Crippen MR) is 132 cm³/mol. The van der Waals surface area contributed by atoms with Crippen molar-refractivity contribution in [1.29, 1.82) is 0 Å². The van der Waals surface area contributed by atoms with Crippen LogP contribution in [0.4, 0.5) is 5.69 Å². The summed E-state index contributed by atoms with van der Waals surface area (Å²) in [6, 6.07) is 22.9. The summed E-state index contributed by atoms with van der Waals surface area (Å²) >= 11 is 5.70. The molecule has 0 spiro atoms. The Labute approximate surface area is 201 Å². The van der Waals surface area contributed by atoms with Crippen molar-refractivity contribution < 1.29 is 19.1 Å². The molecule has 0 aliphatic carbocycles. The summed E-state index contributed by atoms with van der Waals surface area (Å²) in [6.45, 7) is 0. The highest BCUT2D eigenvalue weighted by molar-refractivity contribution is 7.80. The van der Waals surface area contributed by atoms with Crippen LogP contribution in [0.25, 0.3) is 11.3 Å². The maximum absolute atomic E-state index is 11.7. The first-order valence-corrected chi connectivity index (χ1v) is 11.0. The minimum absolute atomic E-state index is 0.176. The number of phenols is 1. The Kier molecular flexibility index (Phi) is 5.73. The SMILES string of the molecule is COC(=O)c1ccc(-c2ccc([C@H]3[C@H](c4ccccn4)NC(=S)N3c3ccc(O)cc3)o2)cc1. The number of benzene rings is 2. The minimum atomic E-state index is -0.389. The van der Waals surface area contributed by atoms with E-state index in [4.69, 9.17) is 21.4 Å². The van der Waals surface area contributed by atoms with Crippen LogP contribution in [0.5, 0.6) is 5.75 Å². The van der Waals surface area contributed by atoms with Crippen LogP contribution in [0.3, 0.4) is 0 Å². The standard InChI is InChI=1S/C26H21N3O4S/c1-32-25(31)17-7-5-16(6-8-17)21-13-14-22(33-21)24-23(20-4-2-3-15-27-20)28-26(34)29(24)18-9-11-19(30)12-10-18/h2-15,23-24,30H,1H3,(H,28,34)/t23-,24-/m0/s1. The van der Waals surface area contributed by atoms with E-state index in [1.165, 1.54) is 7.11 Å². The number of aromatic hydroxyl groups is 1. The van der Waals surface area contributed by atoms with E-state index < -0.39 is 0 Å². The predicted octanol–water partition coefficient (Wildman–Crippen LogP) is 5.01. The molecule has 4 aromatic rings. The molecule has 1 aliphatic heterocycles. The van der Waals surface area contributed by atoms with E-state index in [1.54, 1.807) is 30.5 Å². The summed E-state index contributed by atoms with van der Waals surface area (Å²) in [7, 11) is 1.35. The Morgan fingerprint density at radius 1 is 1.06 bits per heavy atom. The number of thiocarbonyl (C=S) groups is 1. The lowest BCUT2D eigenvalue weighted by Crippen LogP contribution is -2.29. The van der Waals surface area contributed by atoms with Gasteiger partial charge in [0, 0.05) is 17.4 Å². The van der Waals surface area contributed by atoms with Crippen molar-refractivity contribution >= 4 is 29.0 Å². The number of ether oxygens (including phenoxy) is 1. The number of phenolic OH excluding ortho intramolecular Hbond substituents is 1. The van der Waals surface area contributed by atoms with Gasteiger partial charge in [-0.1, -0.05) is 18.2 Å². The van der Waals surface area contributed by atoms with Gasteiger partial charge in [-0.25, -0.2) is 4.79 Å². The van der Waals surface area contributed by atoms with Crippen LogP contribution in [-0.4, -0.2) is 28.3 Å². The Hall–Kier alpha value is -4.17. The van der Waals surface area contributed by atoms with Gasteiger partial charge in [-0.05, 0) is 72.9 Å². The van der Waals surface area contributed by atoms with Gasteiger partial charge in [0.1, 0.15) is 23.3 Å². The van der Waals surface area contributed by atoms with Gasteiger partial charge >= 0.3 is 5.97 Å². The molecule has 5 rings (SSSR count). The monoisotopic (exact) mass is 471 g/mol. The van der Waals surface area contributed by atoms with Crippen LogP contribution in [0, 0.1) is 0 Å². The summed E-state index contributed by atoms with van der Waals surface area (Å²) in [5.74, 6) is 1.15. The number of pyridine rings is 1. The van der Waals surface area contributed by atoms with Crippen molar-refractivity contribution in [3.8, 4) is 17.1 Å². The van der Waals surface area contributed by atoms with E-state index in [-0.39, 0.29) is 23.8 Å². The number of anilines is 1. The molecule has 1 fully saturated rings. The van der Waals surface area contributed by atoms with Crippen molar-refractivity contribution in [1.82, 2.24) is 10.3 Å². The number of aromatic nitrogens is 1. The third-order valence-electron chi connectivity index (χ3n) is 5.73. The van der Waals surface area contributed by atoms with Crippen molar-refractivity contribution in [3.63, 3.8) is 0 Å². The molecule has 1 aliphatic rings. The first-order chi connectivity index (χ1) is 16.5. The number of nitrogens with zero attached hydrogens (tertiary/aromatic N) is 2. The number of rotatable bonds is 5. The number of hydrogen-bond acceptors (Lipinski definition) is 6. The normalized spacial score (nSPS) is 17.4. The molecule has 170 valence electrons. The van der Waals surface area contributed by atoms with Crippen LogP contribution in [0.1, 0.15) is 33.9 Å². The van der Waals surface area contributed by atoms with Gasteiger partial charge < -0.3 is 24.5 Å². The Morgan fingerprint density at radius 2 is 1.82 bits per heavy atom. The molecule has 0 bridgehead atoms. The summed E-state index contributed by atoms with van der Waals surface area (Å²) in [4.78, 5) is 18.2. The van der Waals surface area contributed by atoms with Crippen LogP contribution in [-0.2, 0) is 4.74 Å². The molecule has 2 aromatic heterocycles. The molecule has 0 amide bonds. The maximum atomic E-state index is 11.7. The van der Waals surface area contributed by atoms with Crippen molar-refractivity contribution in [2.45, 2.75) is 12.1 Å². The molecule has 1 saturated heterocycles. The second-order valence-corrected chi connectivity index (χ2v) is 8.17. The molecule has 34 heavy (non-hydrogen) atoms. The molecule has 2 aromatic carbocycles. The van der Waals surface area contributed by atoms with Gasteiger partial charge in [0.25, 0.3) is 0 Å². The fraction of sp³-hybridized carbons (Fsp3) is 0.115. The average Bonchev–Trinajstić information content (AvgIpc) is 3.49. The highest BCUT2D eigenvalue weighted by Crippen LogP contribution is 2.43. The number of nitrogens with one attached hydrogen (secondary N) is 1. The Balaban J connectivity index is 1.54. The van der Waals surface area contributed by atoms with E-state index in [2.05, 4.69) is 10.3 Å². The number of carbonyl (C=O) groups is 1. The van der Waals surface area contributed by atoms with Gasteiger partial charge in [-0.15, -0.1) is 0 Å². The first-order valence-electron chi connectivity index (χ1n) is 10.6. The van der Waals surface area contributed by atoms with Crippen LogP contribution in [0.15, 0.2) is 89.5 Å². The van der Waals surface area contributed by atoms with Crippen LogP contribution >= 0.6 is 12.2 Å². The Bertz CT molecular complexity index is 1320. The number of furan rings is 1. The molecule has 0 unspecified atom stereocenters. The third kappa shape index (κ3) is 3.99. The van der Waals surface area contributed by atoms with Crippen LogP contribution < -0.4 is 10.2 Å². The minimum Gasteiger partial charge on any atom is -0.508 e. The van der Waals surface area contributed by atoms with Gasteiger partial charge in [0.2, 0.25) is 0 Å². The third-order valence-corrected chi connectivity index (χ3v) is 6.05. The smallest absolute Gasteiger partial charge is 0.337 e. The lowest BCUT2D eigenvalue weighted by atomic mass is 10.0. The quantitative estimate of drug-likeness (QED) is 0.310. The van der Waals surface area contributed by atoms with Gasteiger partial charge in [-0.2, -0.15) is 0 Å². The fourth-order valence-corrected chi connectivity index (χ4v) is 4.44. The van der Waals surface area contributed by atoms with Gasteiger partial charge in [0.15, 0.2) is 5.11 Å². The van der Waals surface area contributed by atoms with Crippen molar-refractivity contribution in [2.24, 2.45) is 0 Å². The van der Waals surface area contributed by atoms with Crippen molar-refractivity contribution in [2.75, 3.05) is 12.0 Å². The van der Waals surface area contributed by atoms with Gasteiger partial charge in [-0.3, -0.25) is 4.98 Å². The Morgan fingerprint density at radius 3 is 2.50 bits per heavy atom. The zero-order valence-corrected chi connectivity index (χ0v) is 19.0. The largest absolute Gasteiger partial charge is 0.508 e. The zero-order valence-electron chi connectivity index (χ0n) is 18.2. The maximum Gasteiger partial charge on any atom is 0.337 e. The molecule has 3 heterocycles. The molecule has 8 heteroatoms. The molecule has 2 atom stereocenters. The number of methoxy groups -OCH3 is 1. The highest BCUT2D eigenvalue weighted by Gasteiger charge is 2.42. The number of esters is 1. The number of carbonyl (C=O) groups excluding carboxylic acids is 1. The lowest BCUT2D eigenvalue weighted by molar-refractivity contribution is 0.0600. The second-order valence-electron chi connectivity index (χ2n) is 7.78. The summed E-state index contributed by atoms with van der Waals surface area (Å²) < 4.78 is 11.1. The number of hydrogen-bond donors (Lipinski definition) is 2. The van der Waals surface area contributed by atoms with Gasteiger partial charge in [0.05, 0.1) is 24.4 Å². The second kappa shape index (κ2) is 8.99. The molecular formula is C26H21N3O4S. The zero-order chi connectivity index (χ0) is 23.7. The fourth-order valence-electron chi connectivity index (χ4n) is 4.09. The molecule has 7 nitrogen and oxygen atoms in total. The van der Waals surface area contributed by atoms with E-state index in [1.807, 2.05) is 59.5 Å². The molecule has 2 N–H and O–H groups in total. The van der Waals surface area contributed by atoms with E-state index in [0.717, 1.165) is 16.9 Å². The van der Waals surface area contributed by atoms with E-state index in [0.29, 0.717) is 22.2 Å². The first kappa shape index (κ1) is 21.7. The van der Waals surface area contributed by atoms with Crippen molar-refractivity contribution in [3.05, 3.63) is 102 Å². The average molecular weight is 472 g/mol. The van der Waals surface area contributed by atoms with Crippen LogP contribution in [0.2, 0.25) is 0 Å². The molecular weight excluding hydrogens is 450 g/mol. The van der Waals surface area contributed by atoms with E-state index >= 15 is 0 Å².